The van der Waals surface area contributed by atoms with Gasteiger partial charge in [-0.25, -0.2) is 8.78 Å². The van der Waals surface area contributed by atoms with Crippen molar-refractivity contribution in [3.8, 4) is 0 Å². The van der Waals surface area contributed by atoms with Crippen LogP contribution in [0.3, 0.4) is 0 Å². The number of rotatable bonds is 6. The molecule has 1 aliphatic heterocycles. The number of benzene rings is 1. The molecule has 1 heterocycles. The van der Waals surface area contributed by atoms with Gasteiger partial charge in [0.2, 0.25) is 5.91 Å². The Morgan fingerprint density at radius 2 is 2.17 bits per heavy atom. The summed E-state index contributed by atoms with van der Waals surface area (Å²) < 4.78 is 32.4. The number of hydrogen-bond acceptors (Lipinski definition) is 4. The van der Waals surface area contributed by atoms with Gasteiger partial charge in [0.25, 0.3) is 0 Å². The van der Waals surface area contributed by atoms with Gasteiger partial charge >= 0.3 is 5.97 Å². The summed E-state index contributed by atoms with van der Waals surface area (Å²) >= 11 is 0. The van der Waals surface area contributed by atoms with E-state index < -0.39 is 17.6 Å². The fraction of sp³-hybridized carbons (Fsp3) is 0.500. The number of nitrogens with zero attached hydrogens (tertiary/aromatic N) is 2. The highest BCUT2D eigenvalue weighted by Crippen LogP contribution is 2.14. The molecule has 1 aliphatic rings. The number of likely N-dealkylation sites (N-methyl/N-ethyl adjacent to an activating group) is 1. The highest BCUT2D eigenvalue weighted by molar-refractivity contribution is 5.79. The molecule has 0 bridgehead atoms. The third-order valence-corrected chi connectivity index (χ3v) is 3.79. The predicted molar refractivity (Wildman–Crippen MR) is 81.5 cm³/mol. The quantitative estimate of drug-likeness (QED) is 0.826. The van der Waals surface area contributed by atoms with Crippen molar-refractivity contribution in [3.05, 3.63) is 35.4 Å². The molecule has 1 unspecified atom stereocenters. The summed E-state index contributed by atoms with van der Waals surface area (Å²) in [5, 5.41) is 8.75. The van der Waals surface area contributed by atoms with Gasteiger partial charge in [0.15, 0.2) is 11.6 Å². The number of amides is 1. The van der Waals surface area contributed by atoms with E-state index in [1.54, 1.807) is 11.9 Å². The van der Waals surface area contributed by atoms with Crippen molar-refractivity contribution in [1.82, 2.24) is 9.80 Å². The number of carboxylic acid groups (broad SMARTS) is 1. The molecule has 0 spiro atoms. The molecule has 1 amide bonds. The Morgan fingerprint density at radius 1 is 1.42 bits per heavy atom. The minimum Gasteiger partial charge on any atom is -0.480 e. The number of carbonyl (C=O) groups is 2. The van der Waals surface area contributed by atoms with Crippen LogP contribution in [0.1, 0.15) is 5.56 Å². The van der Waals surface area contributed by atoms with Crippen LogP contribution in [0, 0.1) is 11.6 Å². The second-order valence-corrected chi connectivity index (χ2v) is 5.81. The van der Waals surface area contributed by atoms with Gasteiger partial charge < -0.3 is 14.7 Å². The lowest BCUT2D eigenvalue weighted by Gasteiger charge is -2.34. The van der Waals surface area contributed by atoms with Crippen molar-refractivity contribution in [2.45, 2.75) is 12.5 Å². The van der Waals surface area contributed by atoms with E-state index in [1.165, 1.54) is 17.0 Å². The summed E-state index contributed by atoms with van der Waals surface area (Å²) in [5.41, 5.74) is 0.0195. The van der Waals surface area contributed by atoms with E-state index in [0.717, 1.165) is 6.07 Å². The van der Waals surface area contributed by atoms with Crippen LogP contribution < -0.4 is 0 Å². The summed E-state index contributed by atoms with van der Waals surface area (Å²) in [7, 11) is 1.65. The van der Waals surface area contributed by atoms with E-state index in [9.17, 15) is 18.4 Å². The molecular weight excluding hydrogens is 322 g/mol. The van der Waals surface area contributed by atoms with E-state index in [1.807, 2.05) is 0 Å². The zero-order chi connectivity index (χ0) is 17.7. The Hall–Kier alpha value is -2.06. The van der Waals surface area contributed by atoms with Crippen LogP contribution in [0.4, 0.5) is 8.78 Å². The van der Waals surface area contributed by atoms with Crippen molar-refractivity contribution in [3.63, 3.8) is 0 Å². The molecule has 2 rings (SSSR count). The summed E-state index contributed by atoms with van der Waals surface area (Å²) in [4.78, 5) is 26.1. The molecule has 0 saturated carbocycles. The maximum atomic E-state index is 13.7. The maximum Gasteiger partial charge on any atom is 0.317 e. The van der Waals surface area contributed by atoms with Gasteiger partial charge in [-0.3, -0.25) is 14.5 Å². The normalized spacial score (nSPS) is 18.0. The van der Waals surface area contributed by atoms with Crippen molar-refractivity contribution in [2.75, 3.05) is 39.8 Å². The first kappa shape index (κ1) is 18.3. The first-order valence-corrected chi connectivity index (χ1v) is 7.59. The monoisotopic (exact) mass is 342 g/mol. The van der Waals surface area contributed by atoms with E-state index >= 15 is 0 Å². The average molecular weight is 342 g/mol. The second-order valence-electron chi connectivity index (χ2n) is 5.81. The molecule has 132 valence electrons. The summed E-state index contributed by atoms with van der Waals surface area (Å²) in [5.74, 6) is -3.23. The number of ether oxygens (including phenoxy) is 1. The van der Waals surface area contributed by atoms with E-state index in [-0.39, 0.29) is 30.5 Å². The lowest BCUT2D eigenvalue weighted by Crippen LogP contribution is -2.50. The van der Waals surface area contributed by atoms with Crippen LogP contribution in [0.15, 0.2) is 18.2 Å². The number of halogens is 2. The number of morpholine rings is 1. The molecule has 1 aromatic rings. The first-order valence-electron chi connectivity index (χ1n) is 7.59. The van der Waals surface area contributed by atoms with E-state index in [4.69, 9.17) is 9.84 Å². The van der Waals surface area contributed by atoms with E-state index in [0.29, 0.717) is 26.2 Å². The van der Waals surface area contributed by atoms with Crippen LogP contribution in [0.25, 0.3) is 0 Å². The molecule has 0 aromatic heterocycles. The predicted octanol–water partition coefficient (Wildman–Crippen LogP) is 0.751. The lowest BCUT2D eigenvalue weighted by molar-refractivity contribution is -0.142. The lowest BCUT2D eigenvalue weighted by atomic mass is 10.1. The Bertz CT molecular complexity index is 612. The van der Waals surface area contributed by atoms with Gasteiger partial charge in [0.05, 0.1) is 25.7 Å². The van der Waals surface area contributed by atoms with E-state index in [2.05, 4.69) is 0 Å². The number of aliphatic carboxylic acids is 1. The van der Waals surface area contributed by atoms with Crippen LogP contribution in [0.5, 0.6) is 0 Å². The number of carbonyl (C=O) groups excluding carboxylic acids is 1. The molecule has 24 heavy (non-hydrogen) atoms. The Balaban J connectivity index is 1.92. The van der Waals surface area contributed by atoms with Crippen LogP contribution >= 0.6 is 0 Å². The Labute approximate surface area is 138 Å². The molecule has 1 N–H and O–H groups in total. The van der Waals surface area contributed by atoms with Crippen LogP contribution in [0.2, 0.25) is 0 Å². The van der Waals surface area contributed by atoms with Crippen LogP contribution in [-0.4, -0.2) is 72.7 Å². The summed E-state index contributed by atoms with van der Waals surface area (Å²) in [6.45, 7) is 1.23. The van der Waals surface area contributed by atoms with Gasteiger partial charge in [-0.05, 0) is 13.1 Å². The van der Waals surface area contributed by atoms with Crippen LogP contribution in [-0.2, 0) is 20.7 Å². The third-order valence-electron chi connectivity index (χ3n) is 3.79. The zero-order valence-electron chi connectivity index (χ0n) is 13.4. The van der Waals surface area contributed by atoms with Gasteiger partial charge in [-0.2, -0.15) is 0 Å². The van der Waals surface area contributed by atoms with Gasteiger partial charge in [-0.15, -0.1) is 0 Å². The average Bonchev–Trinajstić information content (AvgIpc) is 2.51. The molecule has 1 fully saturated rings. The molecule has 0 aliphatic carbocycles. The second kappa shape index (κ2) is 8.16. The standard InChI is InChI=1S/C16H20F2N2O4/c1-19(10-15(22)23)8-12-9-20(5-6-24-12)14(21)7-11-3-2-4-13(17)16(11)18/h2-4,12H,5-10H2,1H3,(H,22,23). The Morgan fingerprint density at radius 3 is 2.88 bits per heavy atom. The van der Waals surface area contributed by atoms with Crippen molar-refractivity contribution < 1.29 is 28.2 Å². The molecular formula is C16H20F2N2O4. The van der Waals surface area contributed by atoms with Gasteiger partial charge in [0, 0.05) is 25.2 Å². The molecule has 6 nitrogen and oxygen atoms in total. The number of carboxylic acids is 1. The molecule has 1 atom stereocenters. The molecule has 0 radical (unpaired) electrons. The first-order chi connectivity index (χ1) is 11.4. The van der Waals surface area contributed by atoms with Gasteiger partial charge in [-0.1, -0.05) is 12.1 Å². The zero-order valence-corrected chi connectivity index (χ0v) is 13.4. The smallest absolute Gasteiger partial charge is 0.317 e. The Kier molecular flexibility index (Phi) is 6.22. The summed E-state index contributed by atoms with van der Waals surface area (Å²) in [6.07, 6.45) is -0.536. The van der Waals surface area contributed by atoms with Crippen molar-refractivity contribution in [1.29, 1.82) is 0 Å². The third kappa shape index (κ3) is 4.97. The maximum absolute atomic E-state index is 13.7. The minimum atomic E-state index is -1.00. The highest BCUT2D eigenvalue weighted by Gasteiger charge is 2.26. The minimum absolute atomic E-state index is 0.0195. The highest BCUT2D eigenvalue weighted by atomic mass is 19.2. The van der Waals surface area contributed by atoms with Crippen molar-refractivity contribution >= 4 is 11.9 Å². The van der Waals surface area contributed by atoms with Gasteiger partial charge in [0.1, 0.15) is 0 Å². The molecule has 1 aromatic carbocycles. The number of hydrogen-bond donors (Lipinski definition) is 1. The fourth-order valence-electron chi connectivity index (χ4n) is 2.66. The summed E-state index contributed by atoms with van der Waals surface area (Å²) in [6, 6.07) is 3.76. The fourth-order valence-corrected chi connectivity index (χ4v) is 2.66. The topological polar surface area (TPSA) is 70.1 Å². The molecule has 8 heteroatoms. The SMILES string of the molecule is CN(CC(=O)O)CC1CN(C(=O)Cc2cccc(F)c2F)CCO1. The molecule has 1 saturated heterocycles. The largest absolute Gasteiger partial charge is 0.480 e. The van der Waals surface area contributed by atoms with Crippen molar-refractivity contribution in [2.24, 2.45) is 0 Å².